The van der Waals surface area contributed by atoms with Gasteiger partial charge in [0.2, 0.25) is 5.91 Å². The number of esters is 1. The van der Waals surface area contributed by atoms with Gasteiger partial charge in [-0.3, -0.25) is 4.79 Å². The topological polar surface area (TPSA) is 71.0 Å². The van der Waals surface area contributed by atoms with E-state index in [1.807, 2.05) is 72.7 Å². The number of thioether (sulfide) groups is 1. The minimum atomic E-state index is -0.415. The second-order valence-corrected chi connectivity index (χ2v) is 9.81. The number of nitrogens with one attached hydrogen (secondary N) is 1. The van der Waals surface area contributed by atoms with Crippen molar-refractivity contribution in [3.05, 3.63) is 87.6 Å². The van der Waals surface area contributed by atoms with E-state index >= 15 is 0 Å². The normalized spacial score (nSPS) is 17.2. The van der Waals surface area contributed by atoms with Gasteiger partial charge in [-0.15, -0.1) is 0 Å². The number of hydrogen-bond donors (Lipinski definition) is 1. The highest BCUT2D eigenvalue weighted by atomic mass is 32.2. The number of carbonyl (C=O) groups excluding carboxylic acids is 2. The maximum absolute atomic E-state index is 13.1. The Labute approximate surface area is 211 Å². The number of benzene rings is 2. The number of aliphatic imine (C=N–C) groups is 1. The fourth-order valence-corrected chi connectivity index (χ4v) is 5.31. The van der Waals surface area contributed by atoms with Crippen molar-refractivity contribution in [2.24, 2.45) is 4.99 Å². The van der Waals surface area contributed by atoms with E-state index in [1.54, 1.807) is 6.92 Å². The highest BCUT2D eigenvalue weighted by Gasteiger charge is 2.41. The van der Waals surface area contributed by atoms with E-state index in [-0.39, 0.29) is 24.9 Å². The summed E-state index contributed by atoms with van der Waals surface area (Å²) < 4.78 is 5.42. The summed E-state index contributed by atoms with van der Waals surface area (Å²) in [5.74, 6) is -0.0735. The number of allylic oxidation sites excluding steroid dienone is 1. The first-order valence-corrected chi connectivity index (χ1v) is 12.7. The zero-order chi connectivity index (χ0) is 25.1. The zero-order valence-corrected chi connectivity index (χ0v) is 21.6. The molecule has 0 radical (unpaired) electrons. The van der Waals surface area contributed by atoms with Gasteiger partial charge in [-0.05, 0) is 60.9 Å². The maximum Gasteiger partial charge on any atom is 0.338 e. The number of ether oxygens (including phenoxy) is 1. The van der Waals surface area contributed by atoms with Gasteiger partial charge in [0.1, 0.15) is 0 Å². The van der Waals surface area contributed by atoms with Crippen molar-refractivity contribution in [1.29, 1.82) is 0 Å². The third kappa shape index (κ3) is 5.20. The first kappa shape index (κ1) is 24.8. The Bertz CT molecular complexity index is 1230. The number of amidine groups is 1. The molecule has 0 bridgehead atoms. The molecule has 2 aliphatic heterocycles. The maximum atomic E-state index is 13.1. The number of carbonyl (C=O) groups is 2. The number of aryl methyl sites for hydroxylation is 1. The highest BCUT2D eigenvalue weighted by Crippen LogP contribution is 2.45. The second kappa shape index (κ2) is 10.5. The number of hydrogen-bond acceptors (Lipinski definition) is 6. The van der Waals surface area contributed by atoms with Gasteiger partial charge in [0, 0.05) is 11.4 Å². The molecule has 2 aromatic rings. The van der Waals surface area contributed by atoms with E-state index in [1.165, 1.54) is 17.3 Å². The largest absolute Gasteiger partial charge is 0.463 e. The lowest BCUT2D eigenvalue weighted by molar-refractivity contribution is -0.139. The number of nitrogens with zero attached hydrogens (tertiary/aromatic N) is 2. The van der Waals surface area contributed by atoms with Crippen molar-refractivity contribution in [2.45, 2.75) is 53.0 Å². The van der Waals surface area contributed by atoms with Crippen LogP contribution >= 0.6 is 11.8 Å². The van der Waals surface area contributed by atoms with Crippen molar-refractivity contribution < 1.29 is 14.3 Å². The monoisotopic (exact) mass is 489 g/mol. The first-order chi connectivity index (χ1) is 16.8. The van der Waals surface area contributed by atoms with Gasteiger partial charge < -0.3 is 15.0 Å². The summed E-state index contributed by atoms with van der Waals surface area (Å²) in [6, 6.07) is 15.5. The average molecular weight is 490 g/mol. The molecule has 0 aromatic heterocycles. The molecule has 35 heavy (non-hydrogen) atoms. The van der Waals surface area contributed by atoms with Crippen LogP contribution in [0.3, 0.4) is 0 Å². The molecule has 7 heteroatoms. The molecule has 0 fully saturated rings. The Morgan fingerprint density at radius 2 is 1.83 bits per heavy atom. The third-order valence-electron chi connectivity index (χ3n) is 6.18. The summed E-state index contributed by atoms with van der Waals surface area (Å²) in [6.07, 6.45) is 0.162. The SMILES string of the molecule is CCOC(=O)C1=C(C)N=C2SC=C(CC(=O)Nc3ccc(C(C)C)cc3)N2[C@@H]1c1ccccc1C. The van der Waals surface area contributed by atoms with Crippen LogP contribution in [-0.2, 0) is 14.3 Å². The molecule has 6 nitrogen and oxygen atoms in total. The minimum Gasteiger partial charge on any atom is -0.463 e. The molecule has 1 atom stereocenters. The van der Waals surface area contributed by atoms with Crippen molar-refractivity contribution in [3.63, 3.8) is 0 Å². The Hall–Kier alpha value is -3.32. The van der Waals surface area contributed by atoms with Crippen LogP contribution in [0.25, 0.3) is 0 Å². The van der Waals surface area contributed by atoms with E-state index in [0.29, 0.717) is 17.2 Å². The molecular formula is C28H31N3O3S. The van der Waals surface area contributed by atoms with Crippen molar-refractivity contribution in [3.8, 4) is 0 Å². The Balaban J connectivity index is 1.62. The summed E-state index contributed by atoms with van der Waals surface area (Å²) in [5, 5.41) is 5.71. The van der Waals surface area contributed by atoms with E-state index in [4.69, 9.17) is 9.73 Å². The summed E-state index contributed by atoms with van der Waals surface area (Å²) in [6.45, 7) is 10.2. The van der Waals surface area contributed by atoms with Crippen molar-refractivity contribution in [1.82, 2.24) is 4.90 Å². The molecule has 2 aromatic carbocycles. The van der Waals surface area contributed by atoms with E-state index in [2.05, 4.69) is 19.2 Å². The average Bonchev–Trinajstić information content (AvgIpc) is 3.20. The van der Waals surface area contributed by atoms with E-state index in [9.17, 15) is 9.59 Å². The third-order valence-corrected chi connectivity index (χ3v) is 7.07. The van der Waals surface area contributed by atoms with Crippen LogP contribution in [-0.4, -0.2) is 28.6 Å². The van der Waals surface area contributed by atoms with Gasteiger partial charge in [0.05, 0.1) is 30.3 Å². The van der Waals surface area contributed by atoms with Crippen LogP contribution in [0.15, 0.2) is 75.9 Å². The number of rotatable bonds is 7. The van der Waals surface area contributed by atoms with Crippen LogP contribution in [0.1, 0.15) is 62.8 Å². The van der Waals surface area contributed by atoms with Crippen LogP contribution in [0.2, 0.25) is 0 Å². The lowest BCUT2D eigenvalue weighted by Crippen LogP contribution is -2.37. The molecular weight excluding hydrogens is 458 g/mol. The molecule has 1 N–H and O–H groups in total. The van der Waals surface area contributed by atoms with Gasteiger partial charge in [0.25, 0.3) is 0 Å². The molecule has 2 aliphatic rings. The lowest BCUT2D eigenvalue weighted by atomic mass is 9.91. The molecule has 2 heterocycles. The van der Waals surface area contributed by atoms with Crippen LogP contribution < -0.4 is 5.32 Å². The van der Waals surface area contributed by atoms with Gasteiger partial charge in [-0.25, -0.2) is 9.79 Å². The molecule has 0 saturated heterocycles. The summed E-state index contributed by atoms with van der Waals surface area (Å²) in [4.78, 5) is 32.8. The minimum absolute atomic E-state index is 0.122. The first-order valence-electron chi connectivity index (χ1n) is 11.9. The molecule has 0 spiro atoms. The van der Waals surface area contributed by atoms with Gasteiger partial charge in [-0.1, -0.05) is 62.0 Å². The summed E-state index contributed by atoms with van der Waals surface area (Å²) in [7, 11) is 0. The quantitative estimate of drug-likeness (QED) is 0.463. The number of anilines is 1. The second-order valence-electron chi connectivity index (χ2n) is 8.97. The zero-order valence-electron chi connectivity index (χ0n) is 20.8. The summed E-state index contributed by atoms with van der Waals surface area (Å²) >= 11 is 1.47. The molecule has 4 rings (SSSR count). The van der Waals surface area contributed by atoms with E-state index < -0.39 is 6.04 Å². The number of amides is 1. The Kier molecular flexibility index (Phi) is 7.45. The molecule has 0 aliphatic carbocycles. The predicted molar refractivity (Wildman–Crippen MR) is 142 cm³/mol. The molecule has 0 unspecified atom stereocenters. The van der Waals surface area contributed by atoms with Gasteiger partial charge in [0.15, 0.2) is 5.17 Å². The van der Waals surface area contributed by atoms with Crippen LogP contribution in [0.5, 0.6) is 0 Å². The van der Waals surface area contributed by atoms with Crippen LogP contribution in [0, 0.1) is 6.92 Å². The van der Waals surface area contributed by atoms with Crippen LogP contribution in [0.4, 0.5) is 5.69 Å². The molecule has 0 saturated carbocycles. The number of fused-ring (bicyclic) bond motifs is 1. The molecule has 182 valence electrons. The van der Waals surface area contributed by atoms with Gasteiger partial charge >= 0.3 is 5.97 Å². The smallest absolute Gasteiger partial charge is 0.338 e. The fraction of sp³-hybridized carbons (Fsp3) is 0.321. The fourth-order valence-electron chi connectivity index (χ4n) is 4.35. The Morgan fingerprint density at radius 1 is 1.11 bits per heavy atom. The molecule has 1 amide bonds. The van der Waals surface area contributed by atoms with E-state index in [0.717, 1.165) is 27.7 Å². The van der Waals surface area contributed by atoms with Crippen molar-refractivity contribution in [2.75, 3.05) is 11.9 Å². The Morgan fingerprint density at radius 3 is 2.49 bits per heavy atom. The summed E-state index contributed by atoms with van der Waals surface area (Å²) in [5.41, 5.74) is 5.97. The van der Waals surface area contributed by atoms with Crippen molar-refractivity contribution >= 4 is 34.5 Å². The van der Waals surface area contributed by atoms with Gasteiger partial charge in [-0.2, -0.15) is 0 Å². The standard InChI is InChI=1S/C28H31N3O3S/c1-6-34-27(33)25-19(5)29-28-31(26(25)23-10-8-7-9-18(23)4)22(16-35-28)15-24(32)30-21-13-11-20(12-14-21)17(2)3/h7-14,16-17,26H,6,15H2,1-5H3,(H,30,32)/t26-/m1/s1. The predicted octanol–water partition coefficient (Wildman–Crippen LogP) is 6.29. The lowest BCUT2D eigenvalue weighted by Gasteiger charge is -2.37. The highest BCUT2D eigenvalue weighted by molar-refractivity contribution is 8.16.